The van der Waals surface area contributed by atoms with Crippen molar-refractivity contribution in [3.63, 3.8) is 0 Å². The molecule has 1 N–H and O–H groups in total. The highest BCUT2D eigenvalue weighted by atomic mass is 16.5. The van der Waals surface area contributed by atoms with Crippen LogP contribution in [0.4, 0.5) is 0 Å². The van der Waals surface area contributed by atoms with Gasteiger partial charge in [-0.05, 0) is 25.6 Å². The predicted molar refractivity (Wildman–Crippen MR) is 70.4 cm³/mol. The van der Waals surface area contributed by atoms with E-state index in [1.165, 1.54) is 0 Å². The monoisotopic (exact) mass is 250 g/mol. The summed E-state index contributed by atoms with van der Waals surface area (Å²) in [6.07, 6.45) is 3.45. The van der Waals surface area contributed by atoms with Crippen LogP contribution in [0.5, 0.6) is 0 Å². The number of pyridine rings is 1. The lowest BCUT2D eigenvalue weighted by atomic mass is 10.0. The Morgan fingerprint density at radius 2 is 2.44 bits per heavy atom. The summed E-state index contributed by atoms with van der Waals surface area (Å²) in [7, 11) is 2.04. The molecule has 1 saturated heterocycles. The van der Waals surface area contributed by atoms with Gasteiger partial charge in [-0.2, -0.15) is 0 Å². The molecule has 0 bridgehead atoms. The lowest BCUT2D eigenvalue weighted by Gasteiger charge is -2.23. The van der Waals surface area contributed by atoms with Gasteiger partial charge in [0.25, 0.3) is 0 Å². The first-order valence-corrected chi connectivity index (χ1v) is 6.60. The summed E-state index contributed by atoms with van der Waals surface area (Å²) >= 11 is 0. The van der Waals surface area contributed by atoms with Crippen molar-refractivity contribution in [3.05, 3.63) is 30.1 Å². The van der Waals surface area contributed by atoms with Gasteiger partial charge in [-0.3, -0.25) is 4.98 Å². The summed E-state index contributed by atoms with van der Waals surface area (Å²) < 4.78 is 5.30. The maximum Gasteiger partial charge on any atom is 0.0717 e. The zero-order chi connectivity index (χ0) is 12.8. The molecule has 0 spiro atoms. The SMILES string of the molecule is CN(CCc1ccccn1)CC(O)C1CCOC1. The van der Waals surface area contributed by atoms with E-state index in [0.717, 1.165) is 31.7 Å². The molecule has 2 heterocycles. The van der Waals surface area contributed by atoms with Gasteiger partial charge in [-0.25, -0.2) is 0 Å². The molecule has 4 heteroatoms. The minimum atomic E-state index is -0.277. The predicted octanol–water partition coefficient (Wildman–Crippen LogP) is 0.953. The smallest absolute Gasteiger partial charge is 0.0717 e. The van der Waals surface area contributed by atoms with E-state index in [9.17, 15) is 5.11 Å². The number of hydrogen-bond donors (Lipinski definition) is 1. The Labute approximate surface area is 109 Å². The normalized spacial score (nSPS) is 21.4. The second-order valence-electron chi connectivity index (χ2n) is 5.02. The van der Waals surface area contributed by atoms with Crippen molar-refractivity contribution in [2.75, 3.05) is 33.4 Å². The van der Waals surface area contributed by atoms with Crippen LogP contribution in [0.3, 0.4) is 0 Å². The van der Waals surface area contributed by atoms with E-state index in [2.05, 4.69) is 9.88 Å². The van der Waals surface area contributed by atoms with Crippen molar-refractivity contribution >= 4 is 0 Å². The van der Waals surface area contributed by atoms with Crippen molar-refractivity contribution in [1.82, 2.24) is 9.88 Å². The summed E-state index contributed by atoms with van der Waals surface area (Å²) in [5.41, 5.74) is 1.10. The fourth-order valence-corrected chi connectivity index (χ4v) is 2.27. The molecule has 0 aliphatic carbocycles. The van der Waals surface area contributed by atoms with Gasteiger partial charge in [0.15, 0.2) is 0 Å². The van der Waals surface area contributed by atoms with Crippen LogP contribution in [0.2, 0.25) is 0 Å². The first-order chi connectivity index (χ1) is 8.75. The quantitative estimate of drug-likeness (QED) is 0.816. The number of aliphatic hydroxyl groups is 1. The van der Waals surface area contributed by atoms with Crippen LogP contribution in [0.1, 0.15) is 12.1 Å². The average Bonchev–Trinajstić information content (AvgIpc) is 2.91. The molecule has 2 unspecified atom stereocenters. The van der Waals surface area contributed by atoms with E-state index >= 15 is 0 Å². The third-order valence-electron chi connectivity index (χ3n) is 3.48. The Balaban J connectivity index is 1.70. The van der Waals surface area contributed by atoms with E-state index in [0.29, 0.717) is 19.1 Å². The molecule has 2 atom stereocenters. The molecule has 2 rings (SSSR count). The van der Waals surface area contributed by atoms with E-state index in [4.69, 9.17) is 4.74 Å². The fourth-order valence-electron chi connectivity index (χ4n) is 2.27. The zero-order valence-corrected chi connectivity index (χ0v) is 11.0. The Morgan fingerprint density at radius 1 is 1.56 bits per heavy atom. The second-order valence-corrected chi connectivity index (χ2v) is 5.02. The molecule has 1 aromatic heterocycles. The molecule has 0 radical (unpaired) electrons. The van der Waals surface area contributed by atoms with Crippen molar-refractivity contribution in [2.45, 2.75) is 18.9 Å². The van der Waals surface area contributed by atoms with E-state index < -0.39 is 0 Å². The van der Waals surface area contributed by atoms with Crippen LogP contribution in [0.15, 0.2) is 24.4 Å². The fraction of sp³-hybridized carbons (Fsp3) is 0.643. The number of aromatic nitrogens is 1. The number of nitrogens with zero attached hydrogens (tertiary/aromatic N) is 2. The lowest BCUT2D eigenvalue weighted by molar-refractivity contribution is 0.0636. The molecule has 1 aliphatic heterocycles. The molecule has 18 heavy (non-hydrogen) atoms. The second kappa shape index (κ2) is 6.83. The van der Waals surface area contributed by atoms with E-state index in [1.807, 2.05) is 31.4 Å². The van der Waals surface area contributed by atoms with Gasteiger partial charge in [0.05, 0.1) is 12.7 Å². The minimum Gasteiger partial charge on any atom is -0.391 e. The molecule has 1 fully saturated rings. The highest BCUT2D eigenvalue weighted by molar-refractivity contribution is 5.03. The van der Waals surface area contributed by atoms with Crippen LogP contribution in [-0.4, -0.2) is 54.4 Å². The summed E-state index contributed by atoms with van der Waals surface area (Å²) in [5, 5.41) is 10.1. The summed E-state index contributed by atoms with van der Waals surface area (Å²) in [6.45, 7) is 3.12. The molecule has 4 nitrogen and oxygen atoms in total. The van der Waals surface area contributed by atoms with Gasteiger partial charge in [0.1, 0.15) is 0 Å². The highest BCUT2D eigenvalue weighted by Gasteiger charge is 2.24. The van der Waals surface area contributed by atoms with E-state index in [-0.39, 0.29) is 6.10 Å². The molecule has 0 saturated carbocycles. The van der Waals surface area contributed by atoms with Gasteiger partial charge < -0.3 is 14.7 Å². The number of aliphatic hydroxyl groups excluding tert-OH is 1. The number of ether oxygens (including phenoxy) is 1. The van der Waals surface area contributed by atoms with Gasteiger partial charge in [0, 0.05) is 43.9 Å². The van der Waals surface area contributed by atoms with Crippen LogP contribution >= 0.6 is 0 Å². The van der Waals surface area contributed by atoms with Crippen molar-refractivity contribution < 1.29 is 9.84 Å². The first-order valence-electron chi connectivity index (χ1n) is 6.60. The van der Waals surface area contributed by atoms with Crippen LogP contribution in [-0.2, 0) is 11.2 Å². The van der Waals surface area contributed by atoms with E-state index in [1.54, 1.807) is 0 Å². The lowest BCUT2D eigenvalue weighted by Crippen LogP contribution is -2.35. The first kappa shape index (κ1) is 13.5. The van der Waals surface area contributed by atoms with Gasteiger partial charge in [-0.15, -0.1) is 0 Å². The summed E-state index contributed by atoms with van der Waals surface area (Å²) in [6, 6.07) is 5.97. The maximum atomic E-state index is 10.1. The topological polar surface area (TPSA) is 45.6 Å². The summed E-state index contributed by atoms with van der Waals surface area (Å²) in [5.74, 6) is 0.308. The zero-order valence-electron chi connectivity index (χ0n) is 11.0. The summed E-state index contributed by atoms with van der Waals surface area (Å²) in [4.78, 5) is 6.46. The highest BCUT2D eigenvalue weighted by Crippen LogP contribution is 2.17. The molecule has 0 amide bonds. The number of hydrogen-bond acceptors (Lipinski definition) is 4. The Morgan fingerprint density at radius 3 is 3.11 bits per heavy atom. The standard InChI is InChI=1S/C14H22N2O2/c1-16(8-5-13-4-2-3-7-15-13)10-14(17)12-6-9-18-11-12/h2-4,7,12,14,17H,5-6,8-11H2,1H3. The molecular formula is C14H22N2O2. The maximum absolute atomic E-state index is 10.1. The molecule has 100 valence electrons. The third kappa shape index (κ3) is 4.05. The van der Waals surface area contributed by atoms with Crippen LogP contribution in [0, 0.1) is 5.92 Å². The minimum absolute atomic E-state index is 0.277. The Hall–Kier alpha value is -0.970. The van der Waals surface area contributed by atoms with Gasteiger partial charge in [0.2, 0.25) is 0 Å². The number of likely N-dealkylation sites (N-methyl/N-ethyl adjacent to an activating group) is 1. The van der Waals surface area contributed by atoms with Crippen LogP contribution < -0.4 is 0 Å². The Bertz CT molecular complexity index is 339. The molecular weight excluding hydrogens is 228 g/mol. The Kier molecular flexibility index (Phi) is 5.11. The largest absolute Gasteiger partial charge is 0.391 e. The van der Waals surface area contributed by atoms with Gasteiger partial charge >= 0.3 is 0 Å². The molecule has 0 aromatic carbocycles. The molecule has 1 aromatic rings. The van der Waals surface area contributed by atoms with Crippen molar-refractivity contribution in [1.29, 1.82) is 0 Å². The van der Waals surface area contributed by atoms with Crippen molar-refractivity contribution in [3.8, 4) is 0 Å². The molecule has 1 aliphatic rings. The van der Waals surface area contributed by atoms with Gasteiger partial charge in [-0.1, -0.05) is 6.07 Å². The third-order valence-corrected chi connectivity index (χ3v) is 3.48. The van der Waals surface area contributed by atoms with Crippen LogP contribution in [0.25, 0.3) is 0 Å². The number of rotatable bonds is 6. The van der Waals surface area contributed by atoms with Crippen molar-refractivity contribution in [2.24, 2.45) is 5.92 Å². The average molecular weight is 250 g/mol.